The van der Waals surface area contributed by atoms with E-state index in [1.807, 2.05) is 0 Å². The lowest BCUT2D eigenvalue weighted by atomic mass is 9.77. The van der Waals surface area contributed by atoms with Crippen LogP contribution in [0.25, 0.3) is 0 Å². The fraction of sp³-hybridized carbons (Fsp3) is 0.469. The van der Waals surface area contributed by atoms with Crippen molar-refractivity contribution in [2.24, 2.45) is 5.92 Å². The largest absolute Gasteiger partial charge is 0.493 e. The molecule has 1 aliphatic heterocycles. The number of ether oxygens (including phenoxy) is 2. The summed E-state index contributed by atoms with van der Waals surface area (Å²) in [6.07, 6.45) is 4.84. The van der Waals surface area contributed by atoms with Gasteiger partial charge >= 0.3 is 0 Å². The Kier molecular flexibility index (Phi) is 9.23. The highest BCUT2D eigenvalue weighted by Gasteiger charge is 2.51. The molecule has 1 saturated carbocycles. The van der Waals surface area contributed by atoms with Crippen LogP contribution in [0.5, 0.6) is 11.5 Å². The van der Waals surface area contributed by atoms with Gasteiger partial charge in [-0.25, -0.2) is 4.39 Å². The highest BCUT2D eigenvalue weighted by Crippen LogP contribution is 2.51. The number of aldehydes is 1. The molecule has 0 bridgehead atoms. The standard InChI is InChI=1S/C32H37FN2O7/c1-41-26-15-21(18-37)14-23-28-24(32(40)34-10-12-36)17-25(29(39)31(28)42-30(23)26)35(27(38)16-19-5-2-3-6-19)11-9-20-7-4-8-22(33)13-20/h4,7-8,13-15,17-19,25,28-29,31,36,39H,2-3,5-6,9-12,16H2,1H3,(H,34,40). The number of aliphatic hydroxyl groups excluding tert-OH is 2. The van der Waals surface area contributed by atoms with Gasteiger partial charge < -0.3 is 29.9 Å². The van der Waals surface area contributed by atoms with Crippen LogP contribution in [0, 0.1) is 11.7 Å². The molecule has 2 amide bonds. The molecule has 3 aliphatic rings. The second kappa shape index (κ2) is 13.0. The summed E-state index contributed by atoms with van der Waals surface area (Å²) in [7, 11) is 1.44. The number of halogens is 1. The van der Waals surface area contributed by atoms with Crippen molar-refractivity contribution in [2.75, 3.05) is 26.8 Å². The summed E-state index contributed by atoms with van der Waals surface area (Å²) in [6, 6.07) is 8.41. The minimum Gasteiger partial charge on any atom is -0.493 e. The molecule has 1 fully saturated rings. The van der Waals surface area contributed by atoms with Gasteiger partial charge in [0.05, 0.1) is 25.7 Å². The first kappa shape index (κ1) is 29.7. The molecule has 0 aromatic heterocycles. The third-order valence-electron chi connectivity index (χ3n) is 8.56. The topological polar surface area (TPSA) is 125 Å². The van der Waals surface area contributed by atoms with Crippen LogP contribution in [0.4, 0.5) is 4.39 Å². The Labute approximate surface area is 244 Å². The molecular formula is C32H37FN2O7. The summed E-state index contributed by atoms with van der Waals surface area (Å²) < 4.78 is 25.7. The molecule has 4 unspecified atom stereocenters. The van der Waals surface area contributed by atoms with Crippen molar-refractivity contribution in [3.8, 4) is 11.5 Å². The molecule has 0 saturated heterocycles. The number of aliphatic hydroxyl groups is 2. The number of benzene rings is 2. The molecule has 4 atom stereocenters. The highest BCUT2D eigenvalue weighted by atomic mass is 19.1. The predicted molar refractivity (Wildman–Crippen MR) is 152 cm³/mol. The molecule has 2 aromatic carbocycles. The smallest absolute Gasteiger partial charge is 0.247 e. The van der Waals surface area contributed by atoms with E-state index in [1.54, 1.807) is 29.2 Å². The minimum atomic E-state index is -1.22. The molecule has 224 valence electrons. The molecule has 2 aromatic rings. The van der Waals surface area contributed by atoms with Crippen molar-refractivity contribution < 1.29 is 38.5 Å². The van der Waals surface area contributed by atoms with E-state index in [-0.39, 0.29) is 42.9 Å². The van der Waals surface area contributed by atoms with E-state index in [0.29, 0.717) is 47.3 Å². The number of hydrogen-bond acceptors (Lipinski definition) is 7. The Morgan fingerprint density at radius 3 is 2.69 bits per heavy atom. The molecule has 9 nitrogen and oxygen atoms in total. The Morgan fingerprint density at radius 1 is 1.21 bits per heavy atom. The van der Waals surface area contributed by atoms with Gasteiger partial charge in [0.15, 0.2) is 11.5 Å². The lowest BCUT2D eigenvalue weighted by Crippen LogP contribution is -2.56. The Balaban J connectivity index is 1.54. The molecule has 0 radical (unpaired) electrons. The van der Waals surface area contributed by atoms with Gasteiger partial charge in [-0.2, -0.15) is 0 Å². The predicted octanol–water partition coefficient (Wildman–Crippen LogP) is 2.92. The SMILES string of the molecule is COc1cc(C=O)cc2c1OC1C2C(C(=O)NCCO)=CC(N(CCc2cccc(F)c2)C(=O)CC2CCCC2)C1O. The quantitative estimate of drug-likeness (QED) is 0.349. The van der Waals surface area contributed by atoms with Gasteiger partial charge in [-0.15, -0.1) is 0 Å². The number of nitrogens with zero attached hydrogens (tertiary/aromatic N) is 1. The van der Waals surface area contributed by atoms with Crippen molar-refractivity contribution in [1.29, 1.82) is 0 Å². The number of carbonyl (C=O) groups is 3. The van der Waals surface area contributed by atoms with Crippen LogP contribution in [0.15, 0.2) is 48.0 Å². The molecule has 5 rings (SSSR count). The molecule has 3 N–H and O–H groups in total. The average Bonchev–Trinajstić information content (AvgIpc) is 3.64. The number of methoxy groups -OCH3 is 1. The number of fused-ring (bicyclic) bond motifs is 3. The van der Waals surface area contributed by atoms with E-state index in [1.165, 1.54) is 25.3 Å². The van der Waals surface area contributed by atoms with Gasteiger partial charge in [-0.3, -0.25) is 14.4 Å². The summed E-state index contributed by atoms with van der Waals surface area (Å²) >= 11 is 0. The van der Waals surface area contributed by atoms with Gasteiger partial charge in [0.1, 0.15) is 24.3 Å². The van der Waals surface area contributed by atoms with E-state index in [0.717, 1.165) is 25.7 Å². The summed E-state index contributed by atoms with van der Waals surface area (Å²) in [6.45, 7) is -0.0627. The van der Waals surface area contributed by atoms with Gasteiger partial charge in [-0.05, 0) is 61.1 Å². The van der Waals surface area contributed by atoms with Crippen LogP contribution in [-0.2, 0) is 16.0 Å². The number of hydrogen-bond donors (Lipinski definition) is 3. The Bertz CT molecular complexity index is 1360. The lowest BCUT2D eigenvalue weighted by Gasteiger charge is -2.41. The first-order chi connectivity index (χ1) is 20.3. The van der Waals surface area contributed by atoms with E-state index >= 15 is 0 Å². The monoisotopic (exact) mass is 580 g/mol. The molecule has 0 spiro atoms. The van der Waals surface area contributed by atoms with E-state index in [2.05, 4.69) is 5.32 Å². The summed E-state index contributed by atoms with van der Waals surface area (Å²) in [4.78, 5) is 40.6. The van der Waals surface area contributed by atoms with Gasteiger partial charge in [0.25, 0.3) is 0 Å². The van der Waals surface area contributed by atoms with E-state index in [4.69, 9.17) is 9.47 Å². The van der Waals surface area contributed by atoms with E-state index < -0.39 is 30.1 Å². The zero-order chi connectivity index (χ0) is 29.8. The first-order valence-electron chi connectivity index (χ1n) is 14.5. The zero-order valence-electron chi connectivity index (χ0n) is 23.6. The molecule has 2 aliphatic carbocycles. The number of rotatable bonds is 11. The minimum absolute atomic E-state index is 0.0100. The van der Waals surface area contributed by atoms with Crippen LogP contribution in [-0.4, -0.2) is 78.3 Å². The fourth-order valence-electron chi connectivity index (χ4n) is 6.52. The van der Waals surface area contributed by atoms with Crippen molar-refractivity contribution in [2.45, 2.75) is 62.7 Å². The first-order valence-corrected chi connectivity index (χ1v) is 14.5. The highest BCUT2D eigenvalue weighted by molar-refractivity contribution is 5.96. The van der Waals surface area contributed by atoms with Crippen LogP contribution in [0.3, 0.4) is 0 Å². The van der Waals surface area contributed by atoms with Crippen molar-refractivity contribution >= 4 is 18.1 Å². The summed E-state index contributed by atoms with van der Waals surface area (Å²) in [5.74, 6) is -0.879. The van der Waals surface area contributed by atoms with Crippen LogP contribution >= 0.6 is 0 Å². The van der Waals surface area contributed by atoms with Crippen LogP contribution in [0.1, 0.15) is 59.5 Å². The maximum absolute atomic E-state index is 13.9. The van der Waals surface area contributed by atoms with Crippen LogP contribution < -0.4 is 14.8 Å². The number of amides is 2. The third kappa shape index (κ3) is 6.05. The molecule has 1 heterocycles. The van der Waals surface area contributed by atoms with E-state index in [9.17, 15) is 29.0 Å². The second-order valence-corrected chi connectivity index (χ2v) is 11.2. The fourth-order valence-corrected chi connectivity index (χ4v) is 6.52. The van der Waals surface area contributed by atoms with Crippen molar-refractivity contribution in [1.82, 2.24) is 10.2 Å². The van der Waals surface area contributed by atoms with Crippen LogP contribution in [0.2, 0.25) is 0 Å². The normalized spacial score (nSPS) is 22.9. The molecule has 10 heteroatoms. The average molecular weight is 581 g/mol. The van der Waals surface area contributed by atoms with Gasteiger partial charge in [0.2, 0.25) is 11.8 Å². The summed E-state index contributed by atoms with van der Waals surface area (Å²) in [5.41, 5.74) is 1.81. The number of nitrogens with one attached hydrogen (secondary N) is 1. The zero-order valence-corrected chi connectivity index (χ0v) is 23.6. The Morgan fingerprint density at radius 2 is 2.00 bits per heavy atom. The summed E-state index contributed by atoms with van der Waals surface area (Å²) in [5, 5.41) is 23.8. The lowest BCUT2D eigenvalue weighted by molar-refractivity contribution is -0.138. The van der Waals surface area contributed by atoms with Crippen molar-refractivity contribution in [3.05, 3.63) is 70.6 Å². The van der Waals surface area contributed by atoms with Gasteiger partial charge in [-0.1, -0.05) is 25.0 Å². The second-order valence-electron chi connectivity index (χ2n) is 11.2. The molecule has 42 heavy (non-hydrogen) atoms. The Hall–Kier alpha value is -3.76. The molecular weight excluding hydrogens is 543 g/mol. The maximum Gasteiger partial charge on any atom is 0.247 e. The number of carbonyl (C=O) groups excluding carboxylic acids is 3. The maximum atomic E-state index is 13.9. The van der Waals surface area contributed by atoms with Crippen molar-refractivity contribution in [3.63, 3.8) is 0 Å². The van der Waals surface area contributed by atoms with Gasteiger partial charge in [0, 0.05) is 36.2 Å². The third-order valence-corrected chi connectivity index (χ3v) is 8.56.